The van der Waals surface area contributed by atoms with Crippen molar-refractivity contribution in [1.29, 1.82) is 0 Å². The number of hydrogen-bond donors (Lipinski definition) is 0. The predicted octanol–water partition coefficient (Wildman–Crippen LogP) is 5.33. The van der Waals surface area contributed by atoms with Crippen molar-refractivity contribution in [2.45, 2.75) is 39.5 Å². The molecule has 1 aliphatic rings. The van der Waals surface area contributed by atoms with Gasteiger partial charge in [-0.2, -0.15) is 8.78 Å². The maximum atomic E-state index is 14.1. The highest BCUT2D eigenvalue weighted by atomic mass is 32.1. The molecule has 0 spiro atoms. The predicted molar refractivity (Wildman–Crippen MR) is 163 cm³/mol. The molecule has 11 heteroatoms. The molecule has 0 aliphatic carbocycles. The van der Waals surface area contributed by atoms with Crippen molar-refractivity contribution in [3.05, 3.63) is 115 Å². The molecular formula is C33H30F2N2O6S. The molecule has 0 bridgehead atoms. The van der Waals surface area contributed by atoms with E-state index in [0.29, 0.717) is 37.5 Å². The Hall–Kier alpha value is -4.77. The van der Waals surface area contributed by atoms with E-state index in [1.165, 1.54) is 23.8 Å². The summed E-state index contributed by atoms with van der Waals surface area (Å²) >= 11 is 1.15. The fourth-order valence-corrected chi connectivity index (χ4v) is 5.88. The van der Waals surface area contributed by atoms with Gasteiger partial charge in [0.2, 0.25) is 0 Å². The summed E-state index contributed by atoms with van der Waals surface area (Å²) in [6.45, 7) is 2.69. The second-order valence-corrected chi connectivity index (χ2v) is 11.0. The molecule has 0 saturated carbocycles. The molecule has 0 saturated heterocycles. The molecule has 8 nitrogen and oxygen atoms in total. The number of aromatic nitrogens is 1. The fourth-order valence-electron chi connectivity index (χ4n) is 4.88. The van der Waals surface area contributed by atoms with E-state index in [0.717, 1.165) is 11.3 Å². The van der Waals surface area contributed by atoms with E-state index in [-0.39, 0.29) is 35.3 Å². The lowest BCUT2D eigenvalue weighted by molar-refractivity contribution is -0.138. The molecule has 0 amide bonds. The van der Waals surface area contributed by atoms with Crippen LogP contribution in [0.1, 0.15) is 43.5 Å². The van der Waals surface area contributed by atoms with Gasteiger partial charge in [-0.05, 0) is 62.2 Å². The number of nitrogens with zero attached hydrogens (tertiary/aromatic N) is 2. The number of esters is 1. The van der Waals surface area contributed by atoms with Crippen molar-refractivity contribution in [2.24, 2.45) is 4.99 Å². The zero-order valence-electron chi connectivity index (χ0n) is 24.5. The van der Waals surface area contributed by atoms with Gasteiger partial charge in [0.15, 0.2) is 16.3 Å². The minimum Gasteiger partial charge on any atom is -0.493 e. The van der Waals surface area contributed by atoms with E-state index in [9.17, 15) is 18.4 Å². The van der Waals surface area contributed by atoms with Crippen molar-refractivity contribution >= 4 is 29.1 Å². The van der Waals surface area contributed by atoms with Crippen LogP contribution < -0.4 is 29.1 Å². The summed E-state index contributed by atoms with van der Waals surface area (Å²) in [5.41, 5.74) is 2.12. The molecular weight excluding hydrogens is 590 g/mol. The number of carbonyl (C=O) groups excluding carboxylic acids is 1. The van der Waals surface area contributed by atoms with Crippen LogP contribution in [0.25, 0.3) is 11.8 Å². The van der Waals surface area contributed by atoms with Gasteiger partial charge in [-0.25, -0.2) is 9.79 Å². The lowest BCUT2D eigenvalue weighted by Gasteiger charge is -2.26. The SMILES string of the molecule is CCOC(=O)C1=C(c2ccccc2)N=c2s/c(=C\c3ccc(OC(F)F)c(OC)c3)c(=O)n2[C@H]1c1ccc(OC(C)C)cc1. The van der Waals surface area contributed by atoms with Gasteiger partial charge in [-0.3, -0.25) is 9.36 Å². The highest BCUT2D eigenvalue weighted by molar-refractivity contribution is 7.07. The second kappa shape index (κ2) is 13.3. The Morgan fingerprint density at radius 2 is 1.75 bits per heavy atom. The second-order valence-electron chi connectivity index (χ2n) is 9.96. The lowest BCUT2D eigenvalue weighted by atomic mass is 9.93. The van der Waals surface area contributed by atoms with Crippen molar-refractivity contribution in [3.8, 4) is 17.2 Å². The number of fused-ring (bicyclic) bond motifs is 1. The first-order chi connectivity index (χ1) is 21.2. The van der Waals surface area contributed by atoms with Gasteiger partial charge >= 0.3 is 12.6 Å². The minimum absolute atomic E-state index is 0.0344. The topological polar surface area (TPSA) is 88.4 Å². The number of halogens is 2. The van der Waals surface area contributed by atoms with E-state index < -0.39 is 18.6 Å². The molecule has 1 atom stereocenters. The van der Waals surface area contributed by atoms with Gasteiger partial charge in [-0.1, -0.05) is 59.9 Å². The molecule has 228 valence electrons. The summed E-state index contributed by atoms with van der Waals surface area (Å²) in [4.78, 5) is 32.9. The Bertz CT molecular complexity index is 1860. The van der Waals surface area contributed by atoms with Gasteiger partial charge < -0.3 is 18.9 Å². The number of ether oxygens (including phenoxy) is 4. The van der Waals surface area contributed by atoms with Crippen LogP contribution in [0.4, 0.5) is 8.78 Å². The molecule has 0 unspecified atom stereocenters. The van der Waals surface area contributed by atoms with E-state index >= 15 is 0 Å². The third-order valence-electron chi connectivity index (χ3n) is 6.64. The van der Waals surface area contributed by atoms with Gasteiger partial charge in [0.25, 0.3) is 5.56 Å². The third kappa shape index (κ3) is 6.42. The van der Waals surface area contributed by atoms with Gasteiger partial charge in [-0.15, -0.1) is 0 Å². The molecule has 0 radical (unpaired) electrons. The van der Waals surface area contributed by atoms with Crippen LogP contribution in [0.15, 0.2) is 88.2 Å². The minimum atomic E-state index is -3.02. The fraction of sp³-hybridized carbons (Fsp3) is 0.242. The van der Waals surface area contributed by atoms with Crippen molar-refractivity contribution < 1.29 is 32.5 Å². The largest absolute Gasteiger partial charge is 0.493 e. The molecule has 1 aliphatic heterocycles. The Kier molecular flexibility index (Phi) is 9.24. The molecule has 0 N–H and O–H groups in total. The van der Waals surface area contributed by atoms with Gasteiger partial charge in [0.05, 0.1) is 41.7 Å². The molecule has 44 heavy (non-hydrogen) atoms. The molecule has 3 aromatic carbocycles. The Labute approximate surface area is 256 Å². The highest BCUT2D eigenvalue weighted by Gasteiger charge is 2.35. The number of methoxy groups -OCH3 is 1. The average Bonchev–Trinajstić information content (AvgIpc) is 3.31. The van der Waals surface area contributed by atoms with Crippen molar-refractivity contribution in [3.63, 3.8) is 0 Å². The molecule has 5 rings (SSSR count). The van der Waals surface area contributed by atoms with E-state index in [4.69, 9.17) is 19.2 Å². The van der Waals surface area contributed by atoms with Crippen molar-refractivity contribution in [2.75, 3.05) is 13.7 Å². The van der Waals surface area contributed by atoms with E-state index in [2.05, 4.69) is 4.74 Å². The van der Waals surface area contributed by atoms with Gasteiger partial charge in [0, 0.05) is 5.56 Å². The van der Waals surface area contributed by atoms with Crippen LogP contribution >= 0.6 is 11.3 Å². The summed E-state index contributed by atoms with van der Waals surface area (Å²) in [7, 11) is 1.34. The summed E-state index contributed by atoms with van der Waals surface area (Å²) in [5, 5.41) is 0. The zero-order chi connectivity index (χ0) is 31.4. The first-order valence-corrected chi connectivity index (χ1v) is 14.7. The first-order valence-electron chi connectivity index (χ1n) is 13.9. The summed E-state index contributed by atoms with van der Waals surface area (Å²) in [5.74, 6) is 0.0209. The van der Waals surface area contributed by atoms with Crippen LogP contribution in [0.5, 0.6) is 17.2 Å². The smallest absolute Gasteiger partial charge is 0.387 e. The van der Waals surface area contributed by atoms with Crippen LogP contribution in [0.2, 0.25) is 0 Å². The Balaban J connectivity index is 1.74. The van der Waals surface area contributed by atoms with Crippen LogP contribution in [0.3, 0.4) is 0 Å². The van der Waals surface area contributed by atoms with Crippen LogP contribution in [-0.2, 0) is 9.53 Å². The first kappa shape index (κ1) is 30.7. The average molecular weight is 621 g/mol. The Morgan fingerprint density at radius 1 is 1.02 bits per heavy atom. The summed E-state index contributed by atoms with van der Waals surface area (Å²) in [6, 6.07) is 20.0. The molecule has 1 aromatic heterocycles. The van der Waals surface area contributed by atoms with E-state index in [1.807, 2.05) is 56.3 Å². The zero-order valence-corrected chi connectivity index (χ0v) is 25.3. The lowest BCUT2D eigenvalue weighted by Crippen LogP contribution is -2.40. The normalized spacial score (nSPS) is 14.8. The summed E-state index contributed by atoms with van der Waals surface area (Å²) < 4.78 is 48.5. The maximum absolute atomic E-state index is 14.1. The molecule has 0 fully saturated rings. The Morgan fingerprint density at radius 3 is 2.39 bits per heavy atom. The van der Waals surface area contributed by atoms with Crippen LogP contribution in [0, 0.1) is 0 Å². The van der Waals surface area contributed by atoms with Crippen molar-refractivity contribution in [1.82, 2.24) is 4.57 Å². The third-order valence-corrected chi connectivity index (χ3v) is 7.63. The quantitative estimate of drug-likeness (QED) is 0.223. The number of hydrogen-bond acceptors (Lipinski definition) is 8. The van der Waals surface area contributed by atoms with Crippen LogP contribution in [-0.4, -0.2) is 37.0 Å². The number of rotatable bonds is 10. The standard InChI is InChI=1S/C33H30F2N2O6S/c1-5-41-31(39)27-28(21-9-7-6-8-10-21)36-33-37(29(27)22-12-14-23(15-13-22)42-19(2)3)30(38)26(44-33)18-20-11-16-24(43-32(34)35)25(17-20)40-4/h6-19,29,32H,5H2,1-4H3/b26-18-/t29-/m0/s1. The number of carbonyl (C=O) groups is 1. The monoisotopic (exact) mass is 620 g/mol. The number of thiazole rings is 1. The number of benzene rings is 3. The number of alkyl halides is 2. The van der Waals surface area contributed by atoms with Gasteiger partial charge in [0.1, 0.15) is 5.75 Å². The molecule has 4 aromatic rings. The molecule has 2 heterocycles. The highest BCUT2D eigenvalue weighted by Crippen LogP contribution is 2.36. The maximum Gasteiger partial charge on any atom is 0.387 e. The summed E-state index contributed by atoms with van der Waals surface area (Å²) in [6.07, 6.45) is 1.58. The van der Waals surface area contributed by atoms with E-state index in [1.54, 1.807) is 31.2 Å².